The molecule has 0 saturated heterocycles. The summed E-state index contributed by atoms with van der Waals surface area (Å²) in [6, 6.07) is 8.26. The highest BCUT2D eigenvalue weighted by atomic mass is 15.0. The van der Waals surface area contributed by atoms with Gasteiger partial charge in [-0.25, -0.2) is 9.97 Å². The first-order valence-electron chi connectivity index (χ1n) is 5.75. The molecule has 2 heterocycles. The van der Waals surface area contributed by atoms with Gasteiger partial charge in [-0.05, 0) is 12.5 Å². The number of anilines is 2. The Labute approximate surface area is 100 Å². The van der Waals surface area contributed by atoms with Gasteiger partial charge in [0, 0.05) is 30.4 Å². The zero-order valence-electron chi connectivity index (χ0n) is 9.70. The molecule has 86 valence electrons. The van der Waals surface area contributed by atoms with Crippen molar-refractivity contribution in [2.75, 3.05) is 24.2 Å². The van der Waals surface area contributed by atoms with E-state index in [4.69, 9.17) is 0 Å². The molecule has 1 aromatic carbocycles. The maximum atomic E-state index is 4.44. The molecule has 0 spiro atoms. The number of hydrogen-bond donors (Lipinski definition) is 2. The fraction of sp³-hybridized carbons (Fsp3) is 0.231. The fourth-order valence-electron chi connectivity index (χ4n) is 2.26. The second-order valence-corrected chi connectivity index (χ2v) is 4.02. The first-order valence-corrected chi connectivity index (χ1v) is 5.75. The van der Waals surface area contributed by atoms with Gasteiger partial charge >= 0.3 is 0 Å². The number of fused-ring (bicyclic) bond motifs is 3. The molecule has 0 unspecified atom stereocenters. The van der Waals surface area contributed by atoms with Crippen LogP contribution in [0.25, 0.3) is 11.3 Å². The van der Waals surface area contributed by atoms with Crippen molar-refractivity contribution < 1.29 is 0 Å². The lowest BCUT2D eigenvalue weighted by atomic mass is 10.0. The number of benzene rings is 1. The maximum absolute atomic E-state index is 4.44. The Bertz CT molecular complexity index is 551. The van der Waals surface area contributed by atoms with E-state index in [9.17, 15) is 0 Å². The summed E-state index contributed by atoms with van der Waals surface area (Å²) in [6.07, 6.45) is 2.55. The summed E-state index contributed by atoms with van der Waals surface area (Å²) < 4.78 is 0. The van der Waals surface area contributed by atoms with Gasteiger partial charge in [0.2, 0.25) is 0 Å². The molecule has 0 radical (unpaired) electrons. The van der Waals surface area contributed by atoms with Crippen molar-refractivity contribution >= 4 is 11.5 Å². The molecule has 4 heteroatoms. The lowest BCUT2D eigenvalue weighted by Gasteiger charge is -2.10. The van der Waals surface area contributed by atoms with Crippen LogP contribution in [0.4, 0.5) is 11.5 Å². The van der Waals surface area contributed by atoms with Gasteiger partial charge in [-0.15, -0.1) is 0 Å². The van der Waals surface area contributed by atoms with Crippen molar-refractivity contribution in [2.45, 2.75) is 6.42 Å². The van der Waals surface area contributed by atoms with E-state index in [1.54, 1.807) is 6.33 Å². The summed E-state index contributed by atoms with van der Waals surface area (Å²) >= 11 is 0. The summed E-state index contributed by atoms with van der Waals surface area (Å²) in [4.78, 5) is 8.71. The van der Waals surface area contributed by atoms with Gasteiger partial charge in [0.25, 0.3) is 0 Å². The van der Waals surface area contributed by atoms with Crippen LogP contribution in [0.3, 0.4) is 0 Å². The average Bonchev–Trinajstić information content (AvgIpc) is 2.58. The monoisotopic (exact) mass is 226 g/mol. The molecule has 2 N–H and O–H groups in total. The highest BCUT2D eigenvalue weighted by molar-refractivity contribution is 5.80. The molecule has 17 heavy (non-hydrogen) atoms. The zero-order chi connectivity index (χ0) is 11.7. The largest absolute Gasteiger partial charge is 0.384 e. The Balaban J connectivity index is 2.26. The van der Waals surface area contributed by atoms with Crippen molar-refractivity contribution in [3.8, 4) is 11.3 Å². The Morgan fingerprint density at radius 1 is 1.24 bits per heavy atom. The van der Waals surface area contributed by atoms with Crippen LogP contribution in [-0.4, -0.2) is 23.6 Å². The molecule has 1 aromatic heterocycles. The normalized spacial score (nSPS) is 13.0. The fourth-order valence-corrected chi connectivity index (χ4v) is 2.26. The van der Waals surface area contributed by atoms with Crippen LogP contribution in [-0.2, 0) is 6.42 Å². The third kappa shape index (κ3) is 1.62. The summed E-state index contributed by atoms with van der Waals surface area (Å²) in [5.74, 6) is 0.925. The van der Waals surface area contributed by atoms with Crippen LogP contribution >= 0.6 is 0 Å². The number of nitrogens with one attached hydrogen (secondary N) is 2. The Kier molecular flexibility index (Phi) is 2.40. The lowest BCUT2D eigenvalue weighted by molar-refractivity contribution is 1.00. The Morgan fingerprint density at radius 3 is 3.00 bits per heavy atom. The van der Waals surface area contributed by atoms with E-state index in [1.165, 1.54) is 5.56 Å². The van der Waals surface area contributed by atoms with Crippen molar-refractivity contribution in [1.82, 2.24) is 9.97 Å². The SMILES string of the molecule is CNc1ncnc2c1CCNc1ccccc1-2. The van der Waals surface area contributed by atoms with Crippen molar-refractivity contribution in [3.05, 3.63) is 36.2 Å². The van der Waals surface area contributed by atoms with Crippen molar-refractivity contribution in [2.24, 2.45) is 0 Å². The molecule has 3 rings (SSSR count). The molecule has 2 aromatic rings. The summed E-state index contributed by atoms with van der Waals surface area (Å²) in [7, 11) is 1.90. The number of aromatic nitrogens is 2. The highest BCUT2D eigenvalue weighted by Gasteiger charge is 2.17. The minimum absolute atomic E-state index is 0.909. The summed E-state index contributed by atoms with van der Waals surface area (Å²) in [5.41, 5.74) is 4.52. The molecule has 0 atom stereocenters. The second-order valence-electron chi connectivity index (χ2n) is 4.02. The molecule has 0 bridgehead atoms. The van der Waals surface area contributed by atoms with Crippen LogP contribution in [0.15, 0.2) is 30.6 Å². The molecular formula is C13H14N4. The smallest absolute Gasteiger partial charge is 0.133 e. The van der Waals surface area contributed by atoms with Crippen LogP contribution in [0.1, 0.15) is 5.56 Å². The van der Waals surface area contributed by atoms with Crippen LogP contribution in [0.2, 0.25) is 0 Å². The minimum Gasteiger partial charge on any atom is -0.384 e. The third-order valence-corrected chi connectivity index (χ3v) is 3.05. The van der Waals surface area contributed by atoms with Crippen molar-refractivity contribution in [3.63, 3.8) is 0 Å². The van der Waals surface area contributed by atoms with E-state index >= 15 is 0 Å². The summed E-state index contributed by atoms with van der Waals surface area (Å²) in [6.45, 7) is 0.909. The van der Waals surface area contributed by atoms with Gasteiger partial charge in [0.05, 0.1) is 5.69 Å². The van der Waals surface area contributed by atoms with E-state index < -0.39 is 0 Å². The van der Waals surface area contributed by atoms with Gasteiger partial charge in [-0.2, -0.15) is 0 Å². The zero-order valence-corrected chi connectivity index (χ0v) is 9.70. The molecule has 0 saturated carbocycles. The average molecular weight is 226 g/mol. The van der Waals surface area contributed by atoms with Crippen LogP contribution < -0.4 is 10.6 Å². The molecule has 0 amide bonds. The van der Waals surface area contributed by atoms with E-state index in [2.05, 4.69) is 32.7 Å². The van der Waals surface area contributed by atoms with Gasteiger partial charge in [-0.3, -0.25) is 0 Å². The van der Waals surface area contributed by atoms with Gasteiger partial charge < -0.3 is 10.6 Å². The number of nitrogens with zero attached hydrogens (tertiary/aromatic N) is 2. The molecule has 1 aliphatic heterocycles. The molecule has 0 aliphatic carbocycles. The van der Waals surface area contributed by atoms with Crippen LogP contribution in [0.5, 0.6) is 0 Å². The predicted molar refractivity (Wildman–Crippen MR) is 69.2 cm³/mol. The summed E-state index contributed by atoms with van der Waals surface area (Å²) in [5, 5.41) is 6.56. The number of para-hydroxylation sites is 1. The third-order valence-electron chi connectivity index (χ3n) is 3.05. The predicted octanol–water partition coefficient (Wildman–Crippen LogP) is 2.15. The topological polar surface area (TPSA) is 49.8 Å². The Morgan fingerprint density at radius 2 is 2.12 bits per heavy atom. The van der Waals surface area contributed by atoms with E-state index in [1.807, 2.05) is 19.2 Å². The lowest BCUT2D eigenvalue weighted by Crippen LogP contribution is -2.05. The number of rotatable bonds is 1. The Hall–Kier alpha value is -2.10. The van der Waals surface area contributed by atoms with Crippen LogP contribution in [0, 0.1) is 0 Å². The van der Waals surface area contributed by atoms with Gasteiger partial charge in [0.1, 0.15) is 12.1 Å². The number of hydrogen-bond acceptors (Lipinski definition) is 4. The highest BCUT2D eigenvalue weighted by Crippen LogP contribution is 2.33. The maximum Gasteiger partial charge on any atom is 0.133 e. The quantitative estimate of drug-likeness (QED) is 0.782. The van der Waals surface area contributed by atoms with Gasteiger partial charge in [-0.1, -0.05) is 18.2 Å². The molecule has 0 fully saturated rings. The minimum atomic E-state index is 0.909. The standard InChI is InChI=1S/C13H14N4/c1-14-13-10-6-7-15-11-5-3-2-4-9(11)12(10)16-8-17-13/h2-5,8,15H,6-7H2,1H3,(H,14,16,17). The van der Waals surface area contributed by atoms with Crippen molar-refractivity contribution in [1.29, 1.82) is 0 Å². The molecular weight excluding hydrogens is 212 g/mol. The molecule has 4 nitrogen and oxygen atoms in total. The van der Waals surface area contributed by atoms with E-state index in [0.29, 0.717) is 0 Å². The second kappa shape index (κ2) is 4.05. The molecule has 1 aliphatic rings. The first kappa shape index (κ1) is 10.1. The van der Waals surface area contributed by atoms with E-state index in [-0.39, 0.29) is 0 Å². The first-order chi connectivity index (χ1) is 8.40. The van der Waals surface area contributed by atoms with Gasteiger partial charge in [0.15, 0.2) is 0 Å². The van der Waals surface area contributed by atoms with E-state index in [0.717, 1.165) is 35.7 Å².